The molecule has 6 nitrogen and oxygen atoms in total. The summed E-state index contributed by atoms with van der Waals surface area (Å²) in [7, 11) is 0. The quantitative estimate of drug-likeness (QED) is 0.446. The first-order chi connectivity index (χ1) is 15.8. The summed E-state index contributed by atoms with van der Waals surface area (Å²) in [4.78, 5) is 36.7. The second kappa shape index (κ2) is 8.24. The summed E-state index contributed by atoms with van der Waals surface area (Å²) in [5, 5.41) is 21.5. The van der Waals surface area contributed by atoms with Gasteiger partial charge in [-0.25, -0.2) is 4.39 Å². The van der Waals surface area contributed by atoms with E-state index in [0.717, 1.165) is 0 Å². The third kappa shape index (κ3) is 3.02. The molecule has 4 aliphatic rings. The van der Waals surface area contributed by atoms with Gasteiger partial charge in [0.15, 0.2) is 11.4 Å². The molecule has 0 spiro atoms. The Labute approximate surface area is 204 Å². The van der Waals surface area contributed by atoms with Gasteiger partial charge >= 0.3 is 5.97 Å². The lowest BCUT2D eigenvalue weighted by molar-refractivity contribution is -0.203. The van der Waals surface area contributed by atoms with Crippen LogP contribution in [0.15, 0.2) is 23.8 Å². The summed E-state index contributed by atoms with van der Waals surface area (Å²) in [6.07, 6.45) is 2.75. The van der Waals surface area contributed by atoms with Crippen molar-refractivity contribution in [3.8, 4) is 0 Å². The normalized spacial score (nSPS) is 47.4. The fourth-order valence-corrected chi connectivity index (χ4v) is 8.43. The summed E-state index contributed by atoms with van der Waals surface area (Å²) < 4.78 is 21.6. The van der Waals surface area contributed by atoms with Crippen LogP contribution in [0.2, 0.25) is 0 Å². The second-order valence-corrected chi connectivity index (χ2v) is 11.7. The minimum atomic E-state index is -1.64. The number of allylic oxidation sites excluding steroid dienone is 4. The van der Waals surface area contributed by atoms with Crippen LogP contribution in [0.4, 0.5) is 4.39 Å². The van der Waals surface area contributed by atoms with Crippen LogP contribution in [-0.2, 0) is 19.1 Å². The molecule has 3 fully saturated rings. The largest absolute Gasteiger partial charge is 0.450 e. The van der Waals surface area contributed by atoms with Crippen molar-refractivity contribution < 1.29 is 33.7 Å². The molecular weight excluding hydrogens is 463 g/mol. The van der Waals surface area contributed by atoms with E-state index in [1.807, 2.05) is 6.92 Å². The van der Waals surface area contributed by atoms with Crippen molar-refractivity contribution in [1.29, 1.82) is 0 Å². The standard InChI is InChI=1S/C26H34ClFO6/c1-5-6-22(33)34-26(21(32)13-29)14(2)9-16-17-11-19(28)18-10-15(30)7-8-23(18,3)25(17,27)20(31)12-24(16,26)4/h7-8,10,14,16-17,19-20,29,31H,5-6,9,11-13H2,1-4H3/t14-,16+,17+,19+,20?,23+,24+,25+,26+/m1/s1. The molecule has 8 heteroatoms. The number of esters is 1. The number of aliphatic hydroxyl groups excluding tert-OH is 2. The number of ketones is 2. The number of alkyl halides is 2. The molecule has 9 atom stereocenters. The van der Waals surface area contributed by atoms with Gasteiger partial charge in [0.25, 0.3) is 0 Å². The summed E-state index contributed by atoms with van der Waals surface area (Å²) in [5.74, 6) is -2.82. The highest BCUT2D eigenvalue weighted by Gasteiger charge is 2.77. The number of ether oxygens (including phenoxy) is 1. The molecule has 34 heavy (non-hydrogen) atoms. The van der Waals surface area contributed by atoms with Gasteiger partial charge in [-0.1, -0.05) is 33.8 Å². The molecule has 0 amide bonds. The molecule has 0 aromatic heterocycles. The average molecular weight is 497 g/mol. The van der Waals surface area contributed by atoms with Crippen LogP contribution in [0.1, 0.15) is 59.8 Å². The summed E-state index contributed by atoms with van der Waals surface area (Å²) in [6, 6.07) is 0. The molecule has 0 bridgehead atoms. The van der Waals surface area contributed by atoms with Gasteiger partial charge in [0, 0.05) is 23.2 Å². The molecule has 0 radical (unpaired) electrons. The summed E-state index contributed by atoms with van der Waals surface area (Å²) >= 11 is 7.33. The van der Waals surface area contributed by atoms with Crippen molar-refractivity contribution in [3.05, 3.63) is 23.8 Å². The number of fused-ring (bicyclic) bond motifs is 5. The Morgan fingerprint density at radius 2 is 1.94 bits per heavy atom. The van der Waals surface area contributed by atoms with Crippen LogP contribution in [-0.4, -0.2) is 57.1 Å². The van der Waals surface area contributed by atoms with Crippen molar-refractivity contribution >= 4 is 29.1 Å². The van der Waals surface area contributed by atoms with E-state index in [-0.39, 0.29) is 36.5 Å². The number of carbonyl (C=O) groups is 3. The maximum Gasteiger partial charge on any atom is 0.306 e. The monoisotopic (exact) mass is 496 g/mol. The van der Waals surface area contributed by atoms with Gasteiger partial charge in [0.05, 0.1) is 11.0 Å². The van der Waals surface area contributed by atoms with E-state index in [1.165, 1.54) is 12.2 Å². The number of aliphatic hydroxyl groups is 2. The molecule has 0 aromatic rings. The highest BCUT2D eigenvalue weighted by Crippen LogP contribution is 2.72. The lowest BCUT2D eigenvalue weighted by Crippen LogP contribution is -2.70. The summed E-state index contributed by atoms with van der Waals surface area (Å²) in [5.41, 5.74) is -3.52. The third-order valence-corrected chi connectivity index (χ3v) is 10.4. The molecule has 0 saturated heterocycles. The lowest BCUT2D eigenvalue weighted by atomic mass is 9.45. The van der Waals surface area contributed by atoms with Gasteiger partial charge in [-0.15, -0.1) is 11.6 Å². The van der Waals surface area contributed by atoms with Crippen molar-refractivity contribution in [2.24, 2.45) is 28.6 Å². The number of hydrogen-bond donors (Lipinski definition) is 2. The van der Waals surface area contributed by atoms with E-state index >= 15 is 4.39 Å². The summed E-state index contributed by atoms with van der Waals surface area (Å²) in [6.45, 7) is 6.38. The van der Waals surface area contributed by atoms with Gasteiger partial charge in [0.2, 0.25) is 5.78 Å². The number of Topliss-reactive ketones (excluding diaryl/α,β-unsaturated/α-hetero) is 1. The highest BCUT2D eigenvalue weighted by atomic mass is 35.5. The molecule has 2 N–H and O–H groups in total. The minimum absolute atomic E-state index is 0.0115. The first kappa shape index (κ1) is 25.5. The molecule has 1 unspecified atom stereocenters. The van der Waals surface area contributed by atoms with E-state index in [9.17, 15) is 24.6 Å². The van der Waals surface area contributed by atoms with Crippen LogP contribution in [0.3, 0.4) is 0 Å². The van der Waals surface area contributed by atoms with E-state index in [0.29, 0.717) is 12.8 Å². The third-order valence-electron chi connectivity index (χ3n) is 9.46. The number of rotatable bonds is 5. The highest BCUT2D eigenvalue weighted by molar-refractivity contribution is 6.26. The lowest BCUT2D eigenvalue weighted by Gasteiger charge is -2.64. The molecular formula is C26H34ClFO6. The fourth-order valence-electron chi connectivity index (χ4n) is 7.94. The van der Waals surface area contributed by atoms with Gasteiger partial charge < -0.3 is 14.9 Å². The van der Waals surface area contributed by atoms with Crippen molar-refractivity contribution in [2.45, 2.75) is 82.5 Å². The Bertz CT molecular complexity index is 978. The fraction of sp³-hybridized carbons (Fsp3) is 0.731. The molecule has 3 saturated carbocycles. The molecule has 0 aromatic carbocycles. The molecule has 0 aliphatic heterocycles. The van der Waals surface area contributed by atoms with Gasteiger partial charge in [-0.3, -0.25) is 14.4 Å². The van der Waals surface area contributed by atoms with Crippen molar-refractivity contribution in [1.82, 2.24) is 0 Å². The molecule has 4 aliphatic carbocycles. The molecule has 188 valence electrons. The first-order valence-electron chi connectivity index (χ1n) is 12.2. The SMILES string of the molecule is CCCC(=O)O[C@]1(C(=O)CO)[C@H](C)C[C@H]2[C@@H]3C[C@H](F)C4=CC(=O)C=C[C@]4(C)[C@@]3(Cl)C(O)C[C@@]21C. The Hall–Kier alpha value is -1.57. The van der Waals surface area contributed by atoms with Gasteiger partial charge in [-0.05, 0) is 55.2 Å². The maximum atomic E-state index is 15.6. The van der Waals surface area contributed by atoms with E-state index in [4.69, 9.17) is 16.3 Å². The minimum Gasteiger partial charge on any atom is -0.450 e. The van der Waals surface area contributed by atoms with Crippen LogP contribution in [0, 0.1) is 28.6 Å². The number of hydrogen-bond acceptors (Lipinski definition) is 6. The number of carbonyl (C=O) groups excluding carboxylic acids is 3. The molecule has 4 rings (SSSR count). The average Bonchev–Trinajstić information content (AvgIpc) is 2.99. The predicted molar refractivity (Wildman–Crippen MR) is 124 cm³/mol. The van der Waals surface area contributed by atoms with Gasteiger partial charge in [-0.2, -0.15) is 0 Å². The predicted octanol–water partition coefficient (Wildman–Crippen LogP) is 3.46. The van der Waals surface area contributed by atoms with Gasteiger partial charge in [0.1, 0.15) is 12.8 Å². The molecule has 0 heterocycles. The van der Waals surface area contributed by atoms with Crippen LogP contribution < -0.4 is 0 Å². The van der Waals surface area contributed by atoms with Crippen molar-refractivity contribution in [3.63, 3.8) is 0 Å². The van der Waals surface area contributed by atoms with Crippen LogP contribution >= 0.6 is 11.6 Å². The zero-order valence-corrected chi connectivity index (χ0v) is 20.9. The van der Waals surface area contributed by atoms with E-state index in [1.54, 1.807) is 26.8 Å². The Kier molecular flexibility index (Phi) is 6.19. The first-order valence-corrected chi connectivity index (χ1v) is 12.5. The Morgan fingerprint density at radius 3 is 2.56 bits per heavy atom. The zero-order chi connectivity index (χ0) is 25.3. The van der Waals surface area contributed by atoms with Crippen LogP contribution in [0.25, 0.3) is 0 Å². The van der Waals surface area contributed by atoms with Crippen LogP contribution in [0.5, 0.6) is 0 Å². The Balaban J connectivity index is 1.86. The zero-order valence-electron chi connectivity index (χ0n) is 20.1. The topological polar surface area (TPSA) is 101 Å². The Morgan fingerprint density at radius 1 is 1.26 bits per heavy atom. The number of halogens is 2. The van der Waals surface area contributed by atoms with E-state index < -0.39 is 63.8 Å². The van der Waals surface area contributed by atoms with E-state index in [2.05, 4.69) is 0 Å². The smallest absolute Gasteiger partial charge is 0.306 e. The van der Waals surface area contributed by atoms with Crippen molar-refractivity contribution in [2.75, 3.05) is 6.61 Å². The maximum absolute atomic E-state index is 15.6. The second-order valence-electron chi connectivity index (χ2n) is 11.0.